The van der Waals surface area contributed by atoms with Crippen LogP contribution in [0.2, 0.25) is 0 Å². The normalized spacial score (nSPS) is 12.4. The maximum Gasteiger partial charge on any atom is 0.326 e. The summed E-state index contributed by atoms with van der Waals surface area (Å²) >= 11 is 0. The van der Waals surface area contributed by atoms with Gasteiger partial charge in [-0.25, -0.2) is 4.79 Å². The number of hydrogen-bond donors (Lipinski definition) is 2. The van der Waals surface area contributed by atoms with Crippen LogP contribution in [0.4, 0.5) is 0 Å². The van der Waals surface area contributed by atoms with E-state index >= 15 is 0 Å². The topological polar surface area (TPSA) is 71.3 Å². The Morgan fingerprint density at radius 3 is 2.61 bits per heavy atom. The van der Waals surface area contributed by atoms with Crippen LogP contribution >= 0.6 is 0 Å². The molecule has 0 saturated carbocycles. The summed E-state index contributed by atoms with van der Waals surface area (Å²) in [6.07, 6.45) is 2.96. The second-order valence-corrected chi connectivity index (χ2v) is 4.55. The lowest BCUT2D eigenvalue weighted by Crippen LogP contribution is -2.41. The maximum atomic E-state index is 12.0. The summed E-state index contributed by atoms with van der Waals surface area (Å²) in [6.45, 7) is 5.83. The number of aliphatic carboxylic acids is 1. The van der Waals surface area contributed by atoms with Gasteiger partial charge in [0.1, 0.15) is 11.7 Å². The van der Waals surface area contributed by atoms with E-state index < -0.39 is 12.0 Å². The van der Waals surface area contributed by atoms with Gasteiger partial charge >= 0.3 is 5.97 Å². The molecule has 5 heteroatoms. The van der Waals surface area contributed by atoms with Crippen molar-refractivity contribution in [2.24, 2.45) is 0 Å². The lowest BCUT2D eigenvalue weighted by atomic mass is 10.1. The first-order valence-corrected chi connectivity index (χ1v) is 6.17. The average molecular weight is 252 g/mol. The summed E-state index contributed by atoms with van der Waals surface area (Å²) in [5.74, 6) is -1.33. The first kappa shape index (κ1) is 14.3. The summed E-state index contributed by atoms with van der Waals surface area (Å²) < 4.78 is 1.82. The molecule has 0 bridgehead atoms. The largest absolute Gasteiger partial charge is 0.480 e. The van der Waals surface area contributed by atoms with Crippen molar-refractivity contribution >= 4 is 11.9 Å². The second-order valence-electron chi connectivity index (χ2n) is 4.55. The smallest absolute Gasteiger partial charge is 0.326 e. The molecular weight excluding hydrogens is 232 g/mol. The lowest BCUT2D eigenvalue weighted by molar-refractivity contribution is -0.139. The number of amides is 1. The fraction of sp³-hybridized carbons (Fsp3) is 0.538. The number of hydrogen-bond acceptors (Lipinski definition) is 2. The fourth-order valence-electron chi connectivity index (χ4n) is 1.81. The number of nitrogens with zero attached hydrogens (tertiary/aromatic N) is 1. The molecule has 1 atom stereocenters. The lowest BCUT2D eigenvalue weighted by Gasteiger charge is -2.16. The third-order valence-electron chi connectivity index (χ3n) is 2.75. The van der Waals surface area contributed by atoms with Crippen LogP contribution in [-0.4, -0.2) is 27.6 Å². The first-order valence-electron chi connectivity index (χ1n) is 6.17. The quantitative estimate of drug-likeness (QED) is 0.814. The van der Waals surface area contributed by atoms with Gasteiger partial charge in [0.05, 0.1) is 0 Å². The number of carboxylic acid groups (broad SMARTS) is 1. The molecule has 0 aromatic carbocycles. The van der Waals surface area contributed by atoms with Crippen molar-refractivity contribution < 1.29 is 14.7 Å². The van der Waals surface area contributed by atoms with Crippen molar-refractivity contribution in [3.63, 3.8) is 0 Å². The molecule has 5 nitrogen and oxygen atoms in total. The molecule has 0 spiro atoms. The highest BCUT2D eigenvalue weighted by Gasteiger charge is 2.21. The molecule has 1 rings (SSSR count). The molecule has 1 heterocycles. The average Bonchev–Trinajstić information content (AvgIpc) is 2.77. The Morgan fingerprint density at radius 1 is 1.44 bits per heavy atom. The van der Waals surface area contributed by atoms with Crippen molar-refractivity contribution in [2.45, 2.75) is 45.7 Å². The van der Waals surface area contributed by atoms with Gasteiger partial charge in [0.25, 0.3) is 5.91 Å². The number of carbonyl (C=O) groups excluding carboxylic acids is 1. The van der Waals surface area contributed by atoms with Crippen LogP contribution in [0.15, 0.2) is 18.3 Å². The summed E-state index contributed by atoms with van der Waals surface area (Å²) in [7, 11) is 0. The third-order valence-corrected chi connectivity index (χ3v) is 2.75. The molecule has 18 heavy (non-hydrogen) atoms. The Hall–Kier alpha value is -1.78. The van der Waals surface area contributed by atoms with Crippen LogP contribution < -0.4 is 5.32 Å². The summed E-state index contributed by atoms with van der Waals surface area (Å²) in [5.41, 5.74) is 0.493. The molecule has 1 aromatic rings. The fourth-order valence-corrected chi connectivity index (χ4v) is 1.81. The molecule has 1 unspecified atom stereocenters. The van der Waals surface area contributed by atoms with Gasteiger partial charge in [-0.05, 0) is 32.4 Å². The Labute approximate surface area is 107 Å². The Morgan fingerprint density at radius 2 is 2.11 bits per heavy atom. The zero-order valence-corrected chi connectivity index (χ0v) is 11.0. The van der Waals surface area contributed by atoms with Gasteiger partial charge in [0.2, 0.25) is 0 Å². The standard InChI is InChI=1S/C13H20N2O3/c1-4-6-10(13(17)18)14-12(16)11-7-5-8-15(11)9(2)3/h5,7-10H,4,6H2,1-3H3,(H,14,16)(H,17,18). The van der Waals surface area contributed by atoms with E-state index in [9.17, 15) is 9.59 Å². The van der Waals surface area contributed by atoms with Gasteiger partial charge in [0.15, 0.2) is 0 Å². The zero-order valence-electron chi connectivity index (χ0n) is 11.0. The number of rotatable bonds is 6. The molecule has 0 aliphatic rings. The van der Waals surface area contributed by atoms with E-state index in [1.807, 2.05) is 31.5 Å². The van der Waals surface area contributed by atoms with Crippen molar-refractivity contribution in [3.8, 4) is 0 Å². The second kappa shape index (κ2) is 6.23. The van der Waals surface area contributed by atoms with E-state index in [0.717, 1.165) is 0 Å². The van der Waals surface area contributed by atoms with Crippen LogP contribution in [0.5, 0.6) is 0 Å². The summed E-state index contributed by atoms with van der Waals surface area (Å²) in [6, 6.07) is 2.82. The van der Waals surface area contributed by atoms with Crippen LogP contribution in [0.1, 0.15) is 50.1 Å². The van der Waals surface area contributed by atoms with Gasteiger partial charge in [-0.3, -0.25) is 4.79 Å². The number of carboxylic acids is 1. The van der Waals surface area contributed by atoms with Crippen LogP contribution in [0.25, 0.3) is 0 Å². The van der Waals surface area contributed by atoms with Gasteiger partial charge in [-0.15, -0.1) is 0 Å². The highest BCUT2D eigenvalue weighted by Crippen LogP contribution is 2.11. The summed E-state index contributed by atoms with van der Waals surface area (Å²) in [5, 5.41) is 11.6. The Balaban J connectivity index is 2.80. The minimum atomic E-state index is -0.993. The SMILES string of the molecule is CCCC(NC(=O)c1cccn1C(C)C)C(=O)O. The molecule has 0 aliphatic heterocycles. The highest BCUT2D eigenvalue weighted by molar-refractivity contribution is 5.95. The molecule has 0 aliphatic carbocycles. The molecule has 100 valence electrons. The molecule has 0 fully saturated rings. The zero-order chi connectivity index (χ0) is 13.7. The van der Waals surface area contributed by atoms with E-state index in [1.165, 1.54) is 0 Å². The molecule has 0 radical (unpaired) electrons. The highest BCUT2D eigenvalue weighted by atomic mass is 16.4. The molecule has 2 N–H and O–H groups in total. The van der Waals surface area contributed by atoms with Crippen molar-refractivity contribution in [1.82, 2.24) is 9.88 Å². The molecule has 0 saturated heterocycles. The predicted molar refractivity (Wildman–Crippen MR) is 68.6 cm³/mol. The Bertz CT molecular complexity index is 424. The van der Waals surface area contributed by atoms with Crippen molar-refractivity contribution in [1.29, 1.82) is 0 Å². The number of carbonyl (C=O) groups is 2. The van der Waals surface area contributed by atoms with E-state index in [2.05, 4.69) is 5.32 Å². The number of aromatic nitrogens is 1. The van der Waals surface area contributed by atoms with E-state index in [1.54, 1.807) is 12.1 Å². The van der Waals surface area contributed by atoms with E-state index in [-0.39, 0.29) is 11.9 Å². The molecule has 1 aromatic heterocycles. The van der Waals surface area contributed by atoms with Gasteiger partial charge in [0, 0.05) is 12.2 Å². The summed E-state index contributed by atoms with van der Waals surface area (Å²) in [4.78, 5) is 23.0. The predicted octanol–water partition coefficient (Wildman–Crippen LogP) is 2.05. The maximum absolute atomic E-state index is 12.0. The minimum absolute atomic E-state index is 0.162. The van der Waals surface area contributed by atoms with Gasteiger partial charge in [-0.1, -0.05) is 13.3 Å². The van der Waals surface area contributed by atoms with Crippen LogP contribution in [0.3, 0.4) is 0 Å². The monoisotopic (exact) mass is 252 g/mol. The Kier molecular flexibility index (Phi) is 4.95. The van der Waals surface area contributed by atoms with Crippen molar-refractivity contribution in [2.75, 3.05) is 0 Å². The number of nitrogens with one attached hydrogen (secondary N) is 1. The molecular formula is C13H20N2O3. The first-order chi connectivity index (χ1) is 8.47. The van der Waals surface area contributed by atoms with Gasteiger partial charge in [-0.2, -0.15) is 0 Å². The van der Waals surface area contributed by atoms with E-state index in [4.69, 9.17) is 5.11 Å². The molecule has 1 amide bonds. The minimum Gasteiger partial charge on any atom is -0.480 e. The van der Waals surface area contributed by atoms with E-state index in [0.29, 0.717) is 18.5 Å². The van der Waals surface area contributed by atoms with Crippen LogP contribution in [0, 0.1) is 0 Å². The van der Waals surface area contributed by atoms with Crippen molar-refractivity contribution in [3.05, 3.63) is 24.0 Å². The van der Waals surface area contributed by atoms with Crippen LogP contribution in [-0.2, 0) is 4.79 Å². The third kappa shape index (κ3) is 3.35. The van der Waals surface area contributed by atoms with Gasteiger partial charge < -0.3 is 15.0 Å².